The number of hydrogen-bond acceptors (Lipinski definition) is 2. The van der Waals surface area contributed by atoms with Gasteiger partial charge in [0.1, 0.15) is 5.82 Å². The van der Waals surface area contributed by atoms with E-state index in [1.165, 1.54) is 6.07 Å². The van der Waals surface area contributed by atoms with E-state index in [1.54, 1.807) is 18.5 Å². The van der Waals surface area contributed by atoms with Gasteiger partial charge in [0.05, 0.1) is 6.04 Å². The fraction of sp³-hybridized carbons (Fsp3) is 0.357. The predicted molar refractivity (Wildman–Crippen MR) is 69.7 cm³/mol. The van der Waals surface area contributed by atoms with E-state index in [9.17, 15) is 8.78 Å². The molecule has 3 nitrogen and oxygen atoms in total. The van der Waals surface area contributed by atoms with Crippen LogP contribution in [0.4, 0.5) is 8.78 Å². The molecule has 19 heavy (non-hydrogen) atoms. The molecule has 1 unspecified atom stereocenters. The maximum Gasteiger partial charge on any atom is 0.162 e. The molecule has 5 heteroatoms. The zero-order valence-electron chi connectivity index (χ0n) is 10.8. The van der Waals surface area contributed by atoms with Gasteiger partial charge in [0.15, 0.2) is 11.6 Å². The van der Waals surface area contributed by atoms with E-state index < -0.39 is 11.6 Å². The summed E-state index contributed by atoms with van der Waals surface area (Å²) >= 11 is 0. The van der Waals surface area contributed by atoms with Gasteiger partial charge in [0.25, 0.3) is 0 Å². The third kappa shape index (κ3) is 3.38. The molecule has 1 aromatic carbocycles. The van der Waals surface area contributed by atoms with Gasteiger partial charge in [-0.2, -0.15) is 0 Å². The van der Waals surface area contributed by atoms with Gasteiger partial charge in [-0.3, -0.25) is 0 Å². The van der Waals surface area contributed by atoms with Gasteiger partial charge < -0.3 is 10.3 Å². The molecule has 102 valence electrons. The molecule has 1 heterocycles. The van der Waals surface area contributed by atoms with Crippen molar-refractivity contribution in [3.05, 3.63) is 53.6 Å². The average molecular weight is 265 g/mol. The first-order chi connectivity index (χ1) is 9.22. The van der Waals surface area contributed by atoms with Crippen LogP contribution in [0.25, 0.3) is 0 Å². The molecule has 1 atom stereocenters. The summed E-state index contributed by atoms with van der Waals surface area (Å²) in [4.78, 5) is 7.19. The summed E-state index contributed by atoms with van der Waals surface area (Å²) in [5, 5.41) is 3.28. The van der Waals surface area contributed by atoms with Crippen LogP contribution in [0.1, 0.15) is 30.8 Å². The van der Waals surface area contributed by atoms with Crippen LogP contribution >= 0.6 is 0 Å². The number of halogens is 2. The normalized spacial score (nSPS) is 12.6. The molecule has 0 aliphatic heterocycles. The van der Waals surface area contributed by atoms with Gasteiger partial charge in [0, 0.05) is 12.4 Å². The molecular weight excluding hydrogens is 248 g/mol. The van der Waals surface area contributed by atoms with Crippen LogP contribution in [0.15, 0.2) is 30.6 Å². The Morgan fingerprint density at radius 2 is 2.21 bits per heavy atom. The summed E-state index contributed by atoms with van der Waals surface area (Å²) in [6, 6.07) is 4.10. The van der Waals surface area contributed by atoms with Crippen LogP contribution in [0.3, 0.4) is 0 Å². The maximum absolute atomic E-state index is 13.7. The van der Waals surface area contributed by atoms with Crippen molar-refractivity contribution in [1.29, 1.82) is 0 Å². The van der Waals surface area contributed by atoms with Gasteiger partial charge in [-0.25, -0.2) is 13.8 Å². The number of hydrogen-bond donors (Lipinski definition) is 2. The highest BCUT2D eigenvalue weighted by atomic mass is 19.2. The highest BCUT2D eigenvalue weighted by Gasteiger charge is 2.17. The fourth-order valence-corrected chi connectivity index (χ4v) is 1.98. The largest absolute Gasteiger partial charge is 0.347 e. The number of aromatic amines is 1. The van der Waals surface area contributed by atoms with Crippen LogP contribution in [0.5, 0.6) is 0 Å². The Balaban J connectivity index is 2.18. The first kappa shape index (κ1) is 13.7. The lowest BCUT2D eigenvalue weighted by molar-refractivity contribution is 0.469. The van der Waals surface area contributed by atoms with Crippen molar-refractivity contribution in [2.75, 3.05) is 6.54 Å². The standard InChI is InChI=1S/C14H17F2N3/c1-2-6-17-12(14-18-7-8-19-14)9-10-4-3-5-11(15)13(10)16/h3-5,7-8,12,17H,2,6,9H2,1H3,(H,18,19). The lowest BCUT2D eigenvalue weighted by Crippen LogP contribution is -2.25. The molecule has 0 radical (unpaired) electrons. The van der Waals surface area contributed by atoms with E-state index in [2.05, 4.69) is 22.2 Å². The summed E-state index contributed by atoms with van der Waals surface area (Å²) in [6.07, 6.45) is 4.69. The molecule has 0 aliphatic rings. The van der Waals surface area contributed by atoms with E-state index >= 15 is 0 Å². The van der Waals surface area contributed by atoms with Gasteiger partial charge >= 0.3 is 0 Å². The van der Waals surface area contributed by atoms with Crippen LogP contribution in [-0.2, 0) is 6.42 Å². The van der Waals surface area contributed by atoms with E-state index in [4.69, 9.17) is 0 Å². The third-order valence-electron chi connectivity index (χ3n) is 2.95. The second-order valence-electron chi connectivity index (χ2n) is 4.40. The second kappa shape index (κ2) is 6.43. The summed E-state index contributed by atoms with van der Waals surface area (Å²) < 4.78 is 26.9. The van der Waals surface area contributed by atoms with Crippen molar-refractivity contribution >= 4 is 0 Å². The van der Waals surface area contributed by atoms with Crippen LogP contribution in [0, 0.1) is 11.6 Å². The first-order valence-corrected chi connectivity index (χ1v) is 6.38. The Morgan fingerprint density at radius 3 is 2.89 bits per heavy atom. The minimum atomic E-state index is -0.814. The summed E-state index contributed by atoms with van der Waals surface area (Å²) in [5.41, 5.74) is 0.352. The Labute approximate surface area is 111 Å². The summed E-state index contributed by atoms with van der Waals surface area (Å²) in [7, 11) is 0. The molecule has 2 N–H and O–H groups in total. The molecule has 0 bridgehead atoms. The molecular formula is C14H17F2N3. The van der Waals surface area contributed by atoms with E-state index in [0.29, 0.717) is 12.0 Å². The molecule has 0 saturated heterocycles. The Hall–Kier alpha value is -1.75. The molecule has 0 saturated carbocycles. The Kier molecular flexibility index (Phi) is 4.63. The molecule has 0 fully saturated rings. The quantitative estimate of drug-likeness (QED) is 0.843. The number of aromatic nitrogens is 2. The van der Waals surface area contributed by atoms with Crippen molar-refractivity contribution in [1.82, 2.24) is 15.3 Å². The van der Waals surface area contributed by atoms with Crippen molar-refractivity contribution < 1.29 is 8.78 Å². The minimum Gasteiger partial charge on any atom is -0.347 e. The average Bonchev–Trinajstić information content (AvgIpc) is 2.93. The number of benzene rings is 1. The van der Waals surface area contributed by atoms with E-state index in [-0.39, 0.29) is 6.04 Å². The SMILES string of the molecule is CCCNC(Cc1cccc(F)c1F)c1ncc[nH]1. The lowest BCUT2D eigenvalue weighted by atomic mass is 10.0. The van der Waals surface area contributed by atoms with E-state index in [1.807, 2.05) is 0 Å². The monoisotopic (exact) mass is 265 g/mol. The molecule has 1 aromatic heterocycles. The smallest absolute Gasteiger partial charge is 0.162 e. The van der Waals surface area contributed by atoms with Crippen molar-refractivity contribution in [3.8, 4) is 0 Å². The topological polar surface area (TPSA) is 40.7 Å². The lowest BCUT2D eigenvalue weighted by Gasteiger charge is -2.17. The number of H-pyrrole nitrogens is 1. The molecule has 2 aromatic rings. The molecule has 0 amide bonds. The highest BCUT2D eigenvalue weighted by molar-refractivity contribution is 5.21. The summed E-state index contributed by atoms with van der Waals surface area (Å²) in [6.45, 7) is 2.84. The minimum absolute atomic E-state index is 0.147. The molecule has 2 rings (SSSR count). The first-order valence-electron chi connectivity index (χ1n) is 6.38. The van der Waals surface area contributed by atoms with Crippen LogP contribution < -0.4 is 5.32 Å². The highest BCUT2D eigenvalue weighted by Crippen LogP contribution is 2.19. The zero-order valence-corrected chi connectivity index (χ0v) is 10.8. The predicted octanol–water partition coefficient (Wildman–Crippen LogP) is 2.97. The number of imidazole rings is 1. The van der Waals surface area contributed by atoms with Crippen molar-refractivity contribution in [2.24, 2.45) is 0 Å². The van der Waals surface area contributed by atoms with Crippen molar-refractivity contribution in [3.63, 3.8) is 0 Å². The second-order valence-corrected chi connectivity index (χ2v) is 4.40. The number of nitrogens with one attached hydrogen (secondary N) is 2. The fourth-order valence-electron chi connectivity index (χ4n) is 1.98. The molecule has 0 spiro atoms. The van der Waals surface area contributed by atoms with Gasteiger partial charge in [0.2, 0.25) is 0 Å². The Bertz CT molecular complexity index is 511. The zero-order chi connectivity index (χ0) is 13.7. The van der Waals surface area contributed by atoms with Crippen molar-refractivity contribution in [2.45, 2.75) is 25.8 Å². The van der Waals surface area contributed by atoms with Gasteiger partial charge in [-0.1, -0.05) is 19.1 Å². The van der Waals surface area contributed by atoms with Gasteiger partial charge in [-0.05, 0) is 31.0 Å². The van der Waals surface area contributed by atoms with Crippen LogP contribution in [-0.4, -0.2) is 16.5 Å². The third-order valence-corrected chi connectivity index (χ3v) is 2.95. The Morgan fingerprint density at radius 1 is 1.37 bits per heavy atom. The summed E-state index contributed by atoms with van der Waals surface area (Å²) in [5.74, 6) is -0.861. The van der Waals surface area contributed by atoms with E-state index in [0.717, 1.165) is 24.9 Å². The van der Waals surface area contributed by atoms with Crippen LogP contribution in [0.2, 0.25) is 0 Å². The van der Waals surface area contributed by atoms with Gasteiger partial charge in [-0.15, -0.1) is 0 Å². The molecule has 0 aliphatic carbocycles. The number of rotatable bonds is 6. The maximum atomic E-state index is 13.7. The number of nitrogens with zero attached hydrogens (tertiary/aromatic N) is 1.